The molecule has 2 N–H and O–H groups in total. The lowest BCUT2D eigenvalue weighted by Crippen LogP contribution is -2.26. The third-order valence-electron chi connectivity index (χ3n) is 4.63. The van der Waals surface area contributed by atoms with E-state index in [0.717, 1.165) is 5.56 Å². The first kappa shape index (κ1) is 21.3. The highest BCUT2D eigenvalue weighted by atomic mass is 32.2. The number of carbonyl (C=O) groups is 1. The van der Waals surface area contributed by atoms with Crippen molar-refractivity contribution in [3.8, 4) is 11.4 Å². The fourth-order valence-electron chi connectivity index (χ4n) is 2.88. The van der Waals surface area contributed by atoms with E-state index in [1.807, 2.05) is 6.92 Å². The molecular weight excluding hydrogens is 432 g/mol. The molecule has 2 heterocycles. The minimum absolute atomic E-state index is 0.181. The number of aromatic nitrogens is 2. The molecule has 4 aromatic rings. The zero-order chi connectivity index (χ0) is 22.7. The SMILES string of the molecule is Cc1ccc(S(=O)(=O)Nc2ccc(-c3noc([C@@H](C)NC(=O)c4ccco4)n3)cc2)cc1. The summed E-state index contributed by atoms with van der Waals surface area (Å²) in [5, 5.41) is 6.65. The lowest BCUT2D eigenvalue weighted by molar-refractivity contribution is 0.0904. The molecule has 9 nitrogen and oxygen atoms in total. The van der Waals surface area contributed by atoms with Crippen LogP contribution in [0.1, 0.15) is 35.0 Å². The van der Waals surface area contributed by atoms with Gasteiger partial charge in [-0.25, -0.2) is 8.42 Å². The number of furan rings is 1. The molecule has 0 unspecified atom stereocenters. The molecule has 0 bridgehead atoms. The Morgan fingerprint density at radius 2 is 1.75 bits per heavy atom. The second-order valence-corrected chi connectivity index (χ2v) is 8.81. The summed E-state index contributed by atoms with van der Waals surface area (Å²) in [7, 11) is -3.69. The first-order valence-electron chi connectivity index (χ1n) is 9.70. The number of sulfonamides is 1. The molecule has 0 saturated heterocycles. The van der Waals surface area contributed by atoms with Crippen LogP contribution in [-0.2, 0) is 10.0 Å². The number of nitrogens with one attached hydrogen (secondary N) is 2. The maximum absolute atomic E-state index is 12.5. The average Bonchev–Trinajstić information content (AvgIpc) is 3.47. The van der Waals surface area contributed by atoms with Crippen molar-refractivity contribution in [2.75, 3.05) is 4.72 Å². The molecule has 2 aromatic carbocycles. The van der Waals surface area contributed by atoms with Crippen molar-refractivity contribution in [2.45, 2.75) is 24.8 Å². The summed E-state index contributed by atoms with van der Waals surface area (Å²) in [6, 6.07) is 15.8. The minimum atomic E-state index is -3.69. The zero-order valence-corrected chi connectivity index (χ0v) is 18.1. The van der Waals surface area contributed by atoms with Crippen molar-refractivity contribution in [1.82, 2.24) is 15.5 Å². The molecule has 0 aliphatic rings. The second-order valence-electron chi connectivity index (χ2n) is 7.12. The molecule has 4 rings (SSSR count). The number of aryl methyl sites for hydroxylation is 1. The fourth-order valence-corrected chi connectivity index (χ4v) is 3.94. The summed E-state index contributed by atoms with van der Waals surface area (Å²) in [6.07, 6.45) is 1.41. The quantitative estimate of drug-likeness (QED) is 0.435. The summed E-state index contributed by atoms with van der Waals surface area (Å²) >= 11 is 0. The van der Waals surface area contributed by atoms with Gasteiger partial charge in [-0.15, -0.1) is 0 Å². The Morgan fingerprint density at radius 1 is 1.03 bits per heavy atom. The van der Waals surface area contributed by atoms with Gasteiger partial charge in [0.1, 0.15) is 6.04 Å². The number of anilines is 1. The molecule has 2 aromatic heterocycles. The number of hydrogen-bond donors (Lipinski definition) is 2. The van der Waals surface area contributed by atoms with Crippen LogP contribution in [0.25, 0.3) is 11.4 Å². The summed E-state index contributed by atoms with van der Waals surface area (Å²) in [6.45, 7) is 3.60. The van der Waals surface area contributed by atoms with Crippen molar-refractivity contribution < 1.29 is 22.2 Å². The lowest BCUT2D eigenvalue weighted by Gasteiger charge is -2.08. The largest absolute Gasteiger partial charge is 0.459 e. The van der Waals surface area contributed by atoms with Crippen LogP contribution < -0.4 is 10.0 Å². The van der Waals surface area contributed by atoms with Crippen molar-refractivity contribution in [2.24, 2.45) is 0 Å². The van der Waals surface area contributed by atoms with Crippen molar-refractivity contribution in [1.29, 1.82) is 0 Å². The van der Waals surface area contributed by atoms with Gasteiger partial charge in [0.05, 0.1) is 11.2 Å². The van der Waals surface area contributed by atoms with Crippen LogP contribution in [0.15, 0.2) is 80.8 Å². The molecule has 0 aliphatic carbocycles. The second kappa shape index (κ2) is 8.67. The number of rotatable bonds is 7. The molecule has 10 heteroatoms. The first-order valence-corrected chi connectivity index (χ1v) is 11.2. The van der Waals surface area contributed by atoms with Gasteiger partial charge in [-0.3, -0.25) is 9.52 Å². The normalized spacial score (nSPS) is 12.3. The molecule has 32 heavy (non-hydrogen) atoms. The molecule has 1 atom stereocenters. The Kier molecular flexibility index (Phi) is 5.78. The molecule has 1 amide bonds. The van der Waals surface area contributed by atoms with E-state index in [4.69, 9.17) is 8.94 Å². The zero-order valence-electron chi connectivity index (χ0n) is 17.3. The molecule has 0 saturated carbocycles. The van der Waals surface area contributed by atoms with Gasteiger partial charge in [-0.2, -0.15) is 4.98 Å². The van der Waals surface area contributed by atoms with Gasteiger partial charge in [0.2, 0.25) is 11.7 Å². The van der Waals surface area contributed by atoms with Crippen LogP contribution >= 0.6 is 0 Å². The van der Waals surface area contributed by atoms with Crippen LogP contribution in [0.2, 0.25) is 0 Å². The van der Waals surface area contributed by atoms with Gasteiger partial charge in [0, 0.05) is 11.3 Å². The van der Waals surface area contributed by atoms with Crippen LogP contribution in [0, 0.1) is 6.92 Å². The highest BCUT2D eigenvalue weighted by Crippen LogP contribution is 2.23. The van der Waals surface area contributed by atoms with E-state index >= 15 is 0 Å². The Labute approximate surface area is 184 Å². The highest BCUT2D eigenvalue weighted by molar-refractivity contribution is 7.92. The Balaban J connectivity index is 1.44. The van der Waals surface area contributed by atoms with Gasteiger partial charge in [0.15, 0.2) is 5.76 Å². The molecule has 0 aliphatic heterocycles. The smallest absolute Gasteiger partial charge is 0.287 e. The number of hydrogen-bond acceptors (Lipinski definition) is 7. The van der Waals surface area contributed by atoms with Crippen LogP contribution in [0.4, 0.5) is 5.69 Å². The van der Waals surface area contributed by atoms with E-state index in [1.165, 1.54) is 6.26 Å². The standard InChI is InChI=1S/C22H20N4O5S/c1-14-5-11-18(12-6-14)32(28,29)26-17-9-7-16(8-10-17)20-24-22(31-25-20)15(2)23-21(27)19-4-3-13-30-19/h3-13,15,26H,1-2H3,(H,23,27)/t15-/m1/s1. The number of amides is 1. The third-order valence-corrected chi connectivity index (χ3v) is 6.03. The van der Waals surface area contributed by atoms with Gasteiger partial charge in [-0.05, 0) is 62.4 Å². The third kappa shape index (κ3) is 4.70. The summed E-state index contributed by atoms with van der Waals surface area (Å²) in [5.74, 6) is 0.323. The van der Waals surface area contributed by atoms with E-state index in [9.17, 15) is 13.2 Å². The number of nitrogens with zero attached hydrogens (tertiary/aromatic N) is 2. The van der Waals surface area contributed by atoms with Gasteiger partial charge in [0.25, 0.3) is 15.9 Å². The number of benzene rings is 2. The van der Waals surface area contributed by atoms with Crippen LogP contribution in [0.3, 0.4) is 0 Å². The van der Waals surface area contributed by atoms with Crippen LogP contribution in [-0.4, -0.2) is 24.5 Å². The van der Waals surface area contributed by atoms with Crippen molar-refractivity contribution in [3.63, 3.8) is 0 Å². The van der Waals surface area contributed by atoms with Crippen LogP contribution in [0.5, 0.6) is 0 Å². The maximum Gasteiger partial charge on any atom is 0.287 e. The lowest BCUT2D eigenvalue weighted by atomic mass is 10.2. The van der Waals surface area contributed by atoms with Crippen molar-refractivity contribution in [3.05, 3.63) is 84.1 Å². The minimum Gasteiger partial charge on any atom is -0.459 e. The molecular formula is C22H20N4O5S. The Morgan fingerprint density at radius 3 is 2.41 bits per heavy atom. The van der Waals surface area contributed by atoms with E-state index in [0.29, 0.717) is 17.1 Å². The summed E-state index contributed by atoms with van der Waals surface area (Å²) in [5.41, 5.74) is 2.00. The van der Waals surface area contributed by atoms with E-state index in [2.05, 4.69) is 20.2 Å². The highest BCUT2D eigenvalue weighted by Gasteiger charge is 2.20. The number of carbonyl (C=O) groups excluding carboxylic acids is 1. The predicted octanol–water partition coefficient (Wildman–Crippen LogP) is 3.93. The monoisotopic (exact) mass is 452 g/mol. The molecule has 0 fully saturated rings. The van der Waals surface area contributed by atoms with E-state index < -0.39 is 22.0 Å². The van der Waals surface area contributed by atoms with Gasteiger partial charge in [-0.1, -0.05) is 22.9 Å². The van der Waals surface area contributed by atoms with E-state index in [1.54, 1.807) is 67.6 Å². The molecule has 0 radical (unpaired) electrons. The first-order chi connectivity index (χ1) is 15.3. The van der Waals surface area contributed by atoms with Crippen molar-refractivity contribution >= 4 is 21.6 Å². The topological polar surface area (TPSA) is 127 Å². The predicted molar refractivity (Wildman–Crippen MR) is 116 cm³/mol. The molecule has 164 valence electrons. The van der Waals surface area contributed by atoms with E-state index in [-0.39, 0.29) is 16.5 Å². The Bertz CT molecular complexity index is 1310. The van der Waals surface area contributed by atoms with Gasteiger partial charge >= 0.3 is 0 Å². The van der Waals surface area contributed by atoms with Gasteiger partial charge < -0.3 is 14.3 Å². The maximum atomic E-state index is 12.5. The Hall–Kier alpha value is -3.92. The molecule has 0 spiro atoms. The fraction of sp³-hybridized carbons (Fsp3) is 0.136. The average molecular weight is 452 g/mol. The summed E-state index contributed by atoms with van der Waals surface area (Å²) in [4.78, 5) is 16.6. The summed E-state index contributed by atoms with van der Waals surface area (Å²) < 4.78 is 37.9.